The number of nitrogens with two attached hydrogens (primary N) is 1. The highest BCUT2D eigenvalue weighted by Gasteiger charge is 2.23. The molecule has 0 fully saturated rings. The van der Waals surface area contributed by atoms with E-state index in [-0.39, 0.29) is 23.5 Å². The minimum Gasteiger partial charge on any atom is -0.482 e. The number of benzene rings is 1. The van der Waals surface area contributed by atoms with Gasteiger partial charge in [0, 0.05) is 10.9 Å². The highest BCUT2D eigenvalue weighted by atomic mass is 32.1. The molecule has 0 radical (unpaired) electrons. The zero-order valence-corrected chi connectivity index (χ0v) is 11.9. The molecule has 0 bridgehead atoms. The van der Waals surface area contributed by atoms with E-state index in [4.69, 9.17) is 15.7 Å². The van der Waals surface area contributed by atoms with Crippen LogP contribution in [0.2, 0.25) is 0 Å². The fourth-order valence-corrected chi connectivity index (χ4v) is 2.70. The minimum atomic E-state index is -0.583. The first kappa shape index (κ1) is 14.5. The number of nitriles is 1. The molecule has 0 spiro atoms. The minimum absolute atomic E-state index is 0.0858. The maximum atomic E-state index is 13.6. The molecule has 2 atom stereocenters. The quantitative estimate of drug-likeness (QED) is 0.915. The van der Waals surface area contributed by atoms with Gasteiger partial charge < -0.3 is 10.5 Å². The van der Waals surface area contributed by atoms with Crippen LogP contribution in [0.5, 0.6) is 5.75 Å². The molecular weight excluding hydrogens is 275 g/mol. The first-order valence-corrected chi connectivity index (χ1v) is 7.19. The van der Waals surface area contributed by atoms with Gasteiger partial charge >= 0.3 is 0 Å². The van der Waals surface area contributed by atoms with E-state index in [1.807, 2.05) is 30.5 Å². The molecule has 1 aromatic carbocycles. The summed E-state index contributed by atoms with van der Waals surface area (Å²) in [4.78, 5) is 0.965. The number of hydrogen-bond donors (Lipinski definition) is 1. The summed E-state index contributed by atoms with van der Waals surface area (Å²) >= 11 is 1.53. The van der Waals surface area contributed by atoms with Gasteiger partial charge in [0.1, 0.15) is 29.3 Å². The number of rotatable bonds is 5. The number of thiophene rings is 1. The molecule has 0 saturated heterocycles. The summed E-state index contributed by atoms with van der Waals surface area (Å²) in [5.74, 6) is -0.352. The summed E-state index contributed by atoms with van der Waals surface area (Å²) in [7, 11) is 0. The fourth-order valence-electron chi connectivity index (χ4n) is 1.87. The number of ether oxygens (including phenoxy) is 1. The molecule has 104 valence electrons. The van der Waals surface area contributed by atoms with E-state index < -0.39 is 5.82 Å². The van der Waals surface area contributed by atoms with Crippen molar-refractivity contribution in [2.24, 2.45) is 5.73 Å². The Morgan fingerprint density at radius 1 is 1.40 bits per heavy atom. The Balaban J connectivity index is 2.34. The summed E-state index contributed by atoms with van der Waals surface area (Å²) < 4.78 is 19.4. The third kappa shape index (κ3) is 2.98. The average Bonchev–Trinajstić information content (AvgIpc) is 2.98. The van der Waals surface area contributed by atoms with Crippen molar-refractivity contribution < 1.29 is 9.13 Å². The van der Waals surface area contributed by atoms with Crippen LogP contribution in [0, 0.1) is 17.1 Å². The van der Waals surface area contributed by atoms with Gasteiger partial charge in [0.05, 0.1) is 0 Å². The highest BCUT2D eigenvalue weighted by Crippen LogP contribution is 2.31. The van der Waals surface area contributed by atoms with Crippen molar-refractivity contribution in [3.05, 3.63) is 52.0 Å². The Morgan fingerprint density at radius 2 is 2.20 bits per heavy atom. The molecule has 1 heterocycles. The molecule has 2 rings (SSSR count). The summed E-state index contributed by atoms with van der Waals surface area (Å²) in [5.41, 5.74) is 6.01. The maximum Gasteiger partial charge on any atom is 0.148 e. The van der Waals surface area contributed by atoms with Crippen LogP contribution < -0.4 is 10.5 Å². The smallest absolute Gasteiger partial charge is 0.148 e. The van der Waals surface area contributed by atoms with Crippen molar-refractivity contribution in [3.63, 3.8) is 0 Å². The van der Waals surface area contributed by atoms with Crippen molar-refractivity contribution in [1.29, 1.82) is 5.26 Å². The van der Waals surface area contributed by atoms with Gasteiger partial charge in [-0.1, -0.05) is 19.1 Å². The van der Waals surface area contributed by atoms with Crippen molar-refractivity contribution in [1.82, 2.24) is 0 Å². The van der Waals surface area contributed by atoms with E-state index in [0.29, 0.717) is 0 Å². The van der Waals surface area contributed by atoms with E-state index in [9.17, 15) is 4.39 Å². The zero-order chi connectivity index (χ0) is 14.5. The molecule has 2 N–H and O–H groups in total. The van der Waals surface area contributed by atoms with Crippen molar-refractivity contribution >= 4 is 11.3 Å². The van der Waals surface area contributed by atoms with Gasteiger partial charge in [-0.3, -0.25) is 0 Å². The van der Waals surface area contributed by atoms with Crippen LogP contribution in [0.15, 0.2) is 35.7 Å². The Morgan fingerprint density at radius 3 is 2.80 bits per heavy atom. The maximum absolute atomic E-state index is 13.6. The first-order valence-electron chi connectivity index (χ1n) is 6.31. The number of nitrogens with zero attached hydrogens (tertiary/aromatic N) is 1. The van der Waals surface area contributed by atoms with Crippen LogP contribution in [0.25, 0.3) is 0 Å². The van der Waals surface area contributed by atoms with E-state index in [1.165, 1.54) is 23.5 Å². The lowest BCUT2D eigenvalue weighted by Crippen LogP contribution is -2.31. The van der Waals surface area contributed by atoms with Crippen molar-refractivity contribution in [2.75, 3.05) is 0 Å². The lowest BCUT2D eigenvalue weighted by Gasteiger charge is -2.23. The van der Waals surface area contributed by atoms with Gasteiger partial charge in [-0.25, -0.2) is 4.39 Å². The lowest BCUT2D eigenvalue weighted by atomic mass is 10.1. The predicted octanol–water partition coefficient (Wildman–Crippen LogP) is 3.62. The van der Waals surface area contributed by atoms with Gasteiger partial charge in [-0.15, -0.1) is 11.3 Å². The Bertz CT molecular complexity index is 607. The SMILES string of the molecule is CCC(N)C(Oc1cccc(F)c1C#N)c1cccs1. The average molecular weight is 290 g/mol. The zero-order valence-electron chi connectivity index (χ0n) is 11.0. The molecule has 5 heteroatoms. The molecule has 0 aliphatic rings. The highest BCUT2D eigenvalue weighted by molar-refractivity contribution is 7.10. The fraction of sp³-hybridized carbons (Fsp3) is 0.267. The van der Waals surface area contributed by atoms with Gasteiger partial charge in [0.2, 0.25) is 0 Å². The van der Waals surface area contributed by atoms with Crippen LogP contribution in [0.3, 0.4) is 0 Å². The van der Waals surface area contributed by atoms with E-state index in [2.05, 4.69) is 0 Å². The Labute approximate surface area is 121 Å². The standard InChI is InChI=1S/C15H15FN2OS/c1-2-12(18)15(14-7-4-8-20-14)19-13-6-3-5-11(16)10(13)9-17/h3-8,12,15H,2,18H2,1H3. The van der Waals surface area contributed by atoms with Gasteiger partial charge in [-0.05, 0) is 30.0 Å². The molecule has 2 unspecified atom stereocenters. The third-order valence-electron chi connectivity index (χ3n) is 3.02. The second-order valence-electron chi connectivity index (χ2n) is 4.35. The molecule has 2 aromatic rings. The van der Waals surface area contributed by atoms with Gasteiger partial charge in [0.25, 0.3) is 0 Å². The lowest BCUT2D eigenvalue weighted by molar-refractivity contribution is 0.173. The van der Waals surface area contributed by atoms with Gasteiger partial charge in [-0.2, -0.15) is 5.26 Å². The van der Waals surface area contributed by atoms with Crippen LogP contribution in [-0.4, -0.2) is 6.04 Å². The first-order chi connectivity index (χ1) is 9.67. The summed E-state index contributed by atoms with van der Waals surface area (Å²) in [6.45, 7) is 1.96. The summed E-state index contributed by atoms with van der Waals surface area (Å²) in [5, 5.41) is 11.0. The topological polar surface area (TPSA) is 59.0 Å². The molecule has 0 saturated carbocycles. The molecular formula is C15H15FN2OS. The summed E-state index contributed by atoms with van der Waals surface area (Å²) in [6, 6.07) is 9.81. The number of halogens is 1. The molecule has 0 aliphatic heterocycles. The normalized spacial score (nSPS) is 13.5. The molecule has 1 aromatic heterocycles. The Kier molecular flexibility index (Phi) is 4.72. The predicted molar refractivity (Wildman–Crippen MR) is 77.1 cm³/mol. The van der Waals surface area contributed by atoms with E-state index >= 15 is 0 Å². The van der Waals surface area contributed by atoms with Gasteiger partial charge in [0.15, 0.2) is 0 Å². The Hall–Kier alpha value is -1.90. The largest absolute Gasteiger partial charge is 0.482 e. The molecule has 0 amide bonds. The van der Waals surface area contributed by atoms with Crippen LogP contribution >= 0.6 is 11.3 Å². The summed E-state index contributed by atoms with van der Waals surface area (Å²) in [6.07, 6.45) is 0.341. The van der Waals surface area contributed by atoms with Crippen LogP contribution in [0.1, 0.15) is 29.9 Å². The second-order valence-corrected chi connectivity index (χ2v) is 5.33. The molecule has 20 heavy (non-hydrogen) atoms. The third-order valence-corrected chi connectivity index (χ3v) is 3.96. The number of hydrogen-bond acceptors (Lipinski definition) is 4. The monoisotopic (exact) mass is 290 g/mol. The van der Waals surface area contributed by atoms with Crippen molar-refractivity contribution in [3.8, 4) is 11.8 Å². The van der Waals surface area contributed by atoms with Crippen LogP contribution in [0.4, 0.5) is 4.39 Å². The van der Waals surface area contributed by atoms with E-state index in [0.717, 1.165) is 11.3 Å². The van der Waals surface area contributed by atoms with Crippen LogP contribution in [-0.2, 0) is 0 Å². The van der Waals surface area contributed by atoms with Crippen molar-refractivity contribution in [2.45, 2.75) is 25.5 Å². The molecule has 0 aliphatic carbocycles. The van der Waals surface area contributed by atoms with E-state index in [1.54, 1.807) is 6.07 Å². The second kappa shape index (κ2) is 6.51. The molecule has 3 nitrogen and oxygen atoms in total.